The smallest absolute Gasteiger partial charge is 0.300 e. The Morgan fingerprint density at radius 3 is 1.03 bits per heavy atom. The van der Waals surface area contributed by atoms with Crippen molar-refractivity contribution in [2.75, 3.05) is 6.16 Å². The average molecular weight is 453 g/mol. The molecule has 0 spiro atoms. The van der Waals surface area contributed by atoms with Crippen LogP contribution in [0.3, 0.4) is 0 Å². The Kier molecular flexibility index (Phi) is 10.8. The Morgan fingerprint density at radius 1 is 0.688 bits per heavy atom. The number of carboxylic acid groups (broad SMARTS) is 2. The topological polar surface area (TPSA) is 77.4 Å². The lowest BCUT2D eigenvalue weighted by molar-refractivity contribution is -0.302. The van der Waals surface area contributed by atoms with Crippen LogP contribution in [0.5, 0.6) is 0 Å². The zero-order valence-electron chi connectivity index (χ0n) is 19.8. The Balaban J connectivity index is 0.000000554. The Hall–Kier alpha value is -2.97. The molecule has 0 unspecified atom stereocenters. The fourth-order valence-electron chi connectivity index (χ4n) is 3.39. The lowest BCUT2D eigenvalue weighted by atomic mass is 10.2. The van der Waals surface area contributed by atoms with Crippen LogP contribution in [-0.2, 0) is 9.59 Å². The van der Waals surface area contributed by atoms with E-state index in [1.54, 1.807) is 0 Å². The number of aliphatic carboxylic acids is 2. The normalized spacial score (nSPS) is 10.2. The van der Waals surface area contributed by atoms with Gasteiger partial charge in [0.1, 0.15) is 23.2 Å². The van der Waals surface area contributed by atoms with Gasteiger partial charge in [0.05, 0.1) is 6.16 Å². The minimum Gasteiger partial charge on any atom is -0.550 e. The van der Waals surface area contributed by atoms with Crippen molar-refractivity contribution in [2.45, 2.75) is 41.5 Å². The Morgan fingerprint density at radius 2 is 0.875 bits per heavy atom. The van der Waals surface area contributed by atoms with E-state index in [0.717, 1.165) is 20.0 Å². The highest BCUT2D eigenvalue weighted by atomic mass is 31.2. The number of hydrogen-bond donors (Lipinski definition) is 1. The van der Waals surface area contributed by atoms with Crippen molar-refractivity contribution in [1.82, 2.24) is 0 Å². The molecule has 5 heteroatoms. The summed E-state index contributed by atoms with van der Waals surface area (Å²) < 4.78 is 0. The third-order valence-electron chi connectivity index (χ3n) is 4.90. The molecule has 3 aromatic carbocycles. The van der Waals surface area contributed by atoms with Crippen LogP contribution in [-0.4, -0.2) is 23.2 Å². The summed E-state index contributed by atoms with van der Waals surface area (Å²) in [6, 6.07) is 27.6. The molecule has 3 aromatic rings. The first-order valence-electron chi connectivity index (χ1n) is 10.5. The second-order valence-corrected chi connectivity index (χ2v) is 11.4. The van der Waals surface area contributed by atoms with Gasteiger partial charge in [0.25, 0.3) is 5.97 Å². The van der Waals surface area contributed by atoms with Crippen LogP contribution in [0.2, 0.25) is 0 Å². The van der Waals surface area contributed by atoms with E-state index >= 15 is 0 Å². The predicted molar refractivity (Wildman–Crippen MR) is 134 cm³/mol. The molecule has 0 amide bonds. The van der Waals surface area contributed by atoms with Crippen molar-refractivity contribution in [3.8, 4) is 0 Å². The maximum absolute atomic E-state index is 9.00. The van der Waals surface area contributed by atoms with Crippen LogP contribution >= 0.6 is 7.26 Å². The van der Waals surface area contributed by atoms with Crippen LogP contribution in [0.15, 0.2) is 72.8 Å². The number of benzene rings is 3. The summed E-state index contributed by atoms with van der Waals surface area (Å²) >= 11 is 0. The van der Waals surface area contributed by atoms with Gasteiger partial charge in [-0.2, -0.15) is 0 Å². The van der Waals surface area contributed by atoms with Crippen LogP contribution in [0, 0.1) is 20.8 Å². The molecule has 0 aliphatic heterocycles. The fraction of sp³-hybridized carbons (Fsp3) is 0.259. The van der Waals surface area contributed by atoms with Crippen LogP contribution in [0.1, 0.15) is 37.5 Å². The third kappa shape index (κ3) is 7.94. The molecule has 4 nitrogen and oxygen atoms in total. The fourth-order valence-corrected chi connectivity index (χ4v) is 7.36. The molecule has 1 N–H and O–H groups in total. The van der Waals surface area contributed by atoms with E-state index in [0.29, 0.717) is 0 Å². The third-order valence-corrected chi connectivity index (χ3v) is 9.39. The molecule has 0 aliphatic rings. The molecular weight excluding hydrogens is 419 g/mol. The van der Waals surface area contributed by atoms with E-state index in [9.17, 15) is 0 Å². The van der Waals surface area contributed by atoms with Crippen molar-refractivity contribution in [1.29, 1.82) is 0 Å². The predicted octanol–water partition coefficient (Wildman–Crippen LogP) is 3.77. The summed E-state index contributed by atoms with van der Waals surface area (Å²) in [6.07, 6.45) is 1.14. The minimum atomic E-state index is -1.59. The number of aryl methyl sites for hydroxylation is 3. The van der Waals surface area contributed by atoms with Gasteiger partial charge >= 0.3 is 0 Å². The van der Waals surface area contributed by atoms with Gasteiger partial charge in [-0.25, -0.2) is 0 Å². The first-order chi connectivity index (χ1) is 15.0. The van der Waals surface area contributed by atoms with Crippen molar-refractivity contribution in [3.63, 3.8) is 0 Å². The largest absolute Gasteiger partial charge is 0.550 e. The van der Waals surface area contributed by atoms with E-state index in [-0.39, 0.29) is 0 Å². The second-order valence-electron chi connectivity index (χ2n) is 7.64. The molecule has 0 saturated carbocycles. The summed E-state index contributed by atoms with van der Waals surface area (Å²) in [5.74, 6) is -1.92. The highest BCUT2D eigenvalue weighted by Crippen LogP contribution is 2.54. The lowest BCUT2D eigenvalue weighted by Gasteiger charge is -2.26. The SMILES string of the molecule is CC(=O)O.CC(=O)[O-].CC[P+](c1ccc(C)cc1)(c1ccc(C)cc1)c1ccc(C)cc1. The molecule has 3 rings (SSSR count). The summed E-state index contributed by atoms with van der Waals surface area (Å²) in [5.41, 5.74) is 3.96. The van der Waals surface area contributed by atoms with Gasteiger partial charge in [0, 0.05) is 12.9 Å². The van der Waals surface area contributed by atoms with E-state index in [2.05, 4.69) is 100 Å². The molecule has 0 atom stereocenters. The van der Waals surface area contributed by atoms with Crippen molar-refractivity contribution in [2.24, 2.45) is 0 Å². The summed E-state index contributed by atoms with van der Waals surface area (Å²) in [4.78, 5) is 17.9. The zero-order chi connectivity index (χ0) is 24.3. The maximum atomic E-state index is 9.00. The molecule has 0 radical (unpaired) electrons. The molecule has 0 saturated heterocycles. The van der Waals surface area contributed by atoms with E-state index in [1.807, 2.05) is 0 Å². The van der Waals surface area contributed by atoms with E-state index < -0.39 is 19.2 Å². The maximum Gasteiger partial charge on any atom is 0.300 e. The van der Waals surface area contributed by atoms with Crippen molar-refractivity contribution < 1.29 is 19.8 Å². The number of carbonyl (C=O) groups is 2. The number of rotatable bonds is 4. The number of carbonyl (C=O) groups excluding carboxylic acids is 1. The zero-order valence-corrected chi connectivity index (χ0v) is 20.6. The monoisotopic (exact) mass is 452 g/mol. The van der Waals surface area contributed by atoms with Gasteiger partial charge in [-0.1, -0.05) is 53.1 Å². The van der Waals surface area contributed by atoms with E-state index in [1.165, 1.54) is 32.6 Å². The number of hydrogen-bond acceptors (Lipinski definition) is 3. The van der Waals surface area contributed by atoms with Crippen LogP contribution in [0.25, 0.3) is 0 Å². The van der Waals surface area contributed by atoms with E-state index in [4.69, 9.17) is 19.8 Å². The molecule has 0 fully saturated rings. The van der Waals surface area contributed by atoms with Crippen LogP contribution < -0.4 is 21.0 Å². The first-order valence-corrected chi connectivity index (χ1v) is 12.5. The standard InChI is InChI=1S/C23H26P.2C2H4O2/c1-5-24(21-12-6-18(2)7-13-21,22-14-8-19(3)9-15-22)23-16-10-20(4)11-17-23;2*1-2(3)4/h6-17H,5H2,1-4H3;2*1H3,(H,3,4)/q+1;;/p-1. The molecule has 0 aliphatic carbocycles. The first kappa shape index (κ1) is 27.1. The lowest BCUT2D eigenvalue weighted by Crippen LogP contribution is -2.32. The second kappa shape index (κ2) is 12.8. The number of carboxylic acids is 2. The molecule has 32 heavy (non-hydrogen) atoms. The van der Waals surface area contributed by atoms with Gasteiger partial charge < -0.3 is 15.0 Å². The molecule has 0 heterocycles. The molecule has 0 bridgehead atoms. The highest BCUT2D eigenvalue weighted by Gasteiger charge is 2.43. The Bertz CT molecular complexity index is 860. The quantitative estimate of drug-likeness (QED) is 0.612. The summed E-state index contributed by atoms with van der Waals surface area (Å²) in [7, 11) is -1.59. The van der Waals surface area contributed by atoms with Crippen LogP contribution in [0.4, 0.5) is 0 Å². The summed E-state index contributed by atoms with van der Waals surface area (Å²) in [5, 5.41) is 20.7. The minimum absolute atomic E-state index is 0.833. The van der Waals surface area contributed by atoms with Gasteiger partial charge in [0.15, 0.2) is 0 Å². The summed E-state index contributed by atoms with van der Waals surface area (Å²) in [6.45, 7) is 10.9. The van der Waals surface area contributed by atoms with Crippen molar-refractivity contribution >= 4 is 35.1 Å². The van der Waals surface area contributed by atoms with Gasteiger partial charge in [-0.3, -0.25) is 4.79 Å². The average Bonchev–Trinajstić information content (AvgIpc) is 2.72. The van der Waals surface area contributed by atoms with Gasteiger partial charge in [-0.05, 0) is 71.0 Å². The van der Waals surface area contributed by atoms with Crippen molar-refractivity contribution in [3.05, 3.63) is 89.5 Å². The molecular formula is C27H33O4P. The molecule has 170 valence electrons. The highest BCUT2D eigenvalue weighted by molar-refractivity contribution is 7.95. The molecule has 0 aromatic heterocycles. The van der Waals surface area contributed by atoms with Gasteiger partial charge in [-0.15, -0.1) is 0 Å². The Labute approximate surface area is 192 Å². The van der Waals surface area contributed by atoms with Gasteiger partial charge in [0.2, 0.25) is 0 Å².